The minimum atomic E-state index is -0.410. The first-order valence-electron chi connectivity index (χ1n) is 5.48. The molecule has 0 aromatic heterocycles. The van der Waals surface area contributed by atoms with Crippen LogP contribution in [0.4, 0.5) is 5.69 Å². The smallest absolute Gasteiger partial charge is 1.00 e. The Hall–Kier alpha value is -1.38. The third kappa shape index (κ3) is 6.28. The maximum Gasteiger partial charge on any atom is 2.00 e. The van der Waals surface area contributed by atoms with Gasteiger partial charge < -0.3 is 30.1 Å². The molecule has 0 spiro atoms. The van der Waals surface area contributed by atoms with E-state index >= 15 is 0 Å². The van der Waals surface area contributed by atoms with Crippen molar-refractivity contribution in [3.8, 4) is 0 Å². The molecule has 0 saturated carbocycles. The van der Waals surface area contributed by atoms with E-state index in [1.807, 2.05) is 24.6 Å². The molecule has 21 heavy (non-hydrogen) atoms. The van der Waals surface area contributed by atoms with Crippen LogP contribution in [0.1, 0.15) is 5.56 Å². The van der Waals surface area contributed by atoms with Gasteiger partial charge in [0.25, 0.3) is 5.69 Å². The van der Waals surface area contributed by atoms with E-state index < -0.39 is 4.92 Å². The number of benzene rings is 1. The van der Waals surface area contributed by atoms with E-state index in [2.05, 4.69) is 5.32 Å². The number of non-ortho nitro benzene ring substituents is 1. The monoisotopic (exact) mass is 412 g/mol. The van der Waals surface area contributed by atoms with Gasteiger partial charge >= 0.3 is 19.5 Å². The Labute approximate surface area is 149 Å². The SMILES string of the molecule is [CH+]=C1C=C[CH-]C=C1NCc1ccc([N+](=O)[O-])cc1.[Cl-].[Cl-].[Ru+2]. The van der Waals surface area contributed by atoms with Crippen LogP contribution in [-0.4, -0.2) is 4.92 Å². The van der Waals surface area contributed by atoms with Gasteiger partial charge in [-0.15, -0.1) is 12.2 Å². The number of nitro benzene ring substituents is 1. The molecule has 1 aliphatic carbocycles. The van der Waals surface area contributed by atoms with Gasteiger partial charge in [0.1, 0.15) is 0 Å². The minimum Gasteiger partial charge on any atom is -1.00 e. The van der Waals surface area contributed by atoms with Crippen molar-refractivity contribution in [3.63, 3.8) is 0 Å². The molecule has 1 aliphatic rings. The summed E-state index contributed by atoms with van der Waals surface area (Å²) in [5, 5.41) is 13.7. The number of halogens is 2. The van der Waals surface area contributed by atoms with Crippen molar-refractivity contribution in [1.29, 1.82) is 0 Å². The van der Waals surface area contributed by atoms with Gasteiger partial charge in [0.2, 0.25) is 0 Å². The molecule has 0 aliphatic heterocycles. The molecule has 0 amide bonds. The van der Waals surface area contributed by atoms with Crippen LogP contribution >= 0.6 is 0 Å². The standard InChI is InChI=1S/C14H12N2O2.2ClH.Ru/c1-11-4-2-3-5-14(11)15-10-12-6-8-13(9-7-12)16(17)18;;;/h1-9,15H,10H2;2*1H;/q;;;+2/p-2. The summed E-state index contributed by atoms with van der Waals surface area (Å²) in [5.41, 5.74) is 2.59. The van der Waals surface area contributed by atoms with Crippen LogP contribution in [0.5, 0.6) is 0 Å². The maximum atomic E-state index is 10.5. The van der Waals surface area contributed by atoms with E-state index in [1.165, 1.54) is 12.1 Å². The second kappa shape index (κ2) is 10.4. The molecule has 0 bridgehead atoms. The first kappa shape index (κ1) is 21.9. The number of allylic oxidation sites excluding steroid dienone is 3. The maximum absolute atomic E-state index is 10.5. The fraction of sp³-hybridized carbons (Fsp3) is 0.0714. The molecule has 0 heterocycles. The number of nitrogens with one attached hydrogen (secondary N) is 1. The van der Waals surface area contributed by atoms with Gasteiger partial charge in [0, 0.05) is 18.7 Å². The van der Waals surface area contributed by atoms with Crippen molar-refractivity contribution in [2.24, 2.45) is 0 Å². The molecule has 2 rings (SSSR count). The van der Waals surface area contributed by atoms with E-state index in [0.717, 1.165) is 11.3 Å². The molecule has 4 nitrogen and oxygen atoms in total. The van der Waals surface area contributed by atoms with Crippen molar-refractivity contribution in [2.45, 2.75) is 6.54 Å². The quantitative estimate of drug-likeness (QED) is 0.244. The first-order chi connectivity index (χ1) is 8.66. The Kier molecular flexibility index (Phi) is 10.8. The summed E-state index contributed by atoms with van der Waals surface area (Å²) in [4.78, 5) is 10.1. The van der Waals surface area contributed by atoms with Crippen LogP contribution in [0, 0.1) is 23.1 Å². The molecule has 0 radical (unpaired) electrons. The first-order valence-corrected chi connectivity index (χ1v) is 5.48. The summed E-state index contributed by atoms with van der Waals surface area (Å²) >= 11 is 0. The van der Waals surface area contributed by atoms with Crippen molar-refractivity contribution >= 4 is 5.69 Å². The van der Waals surface area contributed by atoms with Crippen molar-refractivity contribution in [1.82, 2.24) is 5.32 Å². The van der Waals surface area contributed by atoms with Gasteiger partial charge in [-0.3, -0.25) is 10.1 Å². The molecule has 112 valence electrons. The summed E-state index contributed by atoms with van der Waals surface area (Å²) in [6.45, 7) is 6.37. The van der Waals surface area contributed by atoms with Crippen LogP contribution in [0.3, 0.4) is 0 Å². The summed E-state index contributed by atoms with van der Waals surface area (Å²) in [6, 6.07) is 6.44. The fourth-order valence-electron chi connectivity index (χ4n) is 1.59. The molecule has 1 aromatic carbocycles. The zero-order chi connectivity index (χ0) is 13.0. The fourth-order valence-corrected chi connectivity index (χ4v) is 1.59. The van der Waals surface area contributed by atoms with Crippen molar-refractivity contribution in [2.75, 3.05) is 0 Å². The third-order valence-corrected chi connectivity index (χ3v) is 2.59. The van der Waals surface area contributed by atoms with Gasteiger partial charge in [-0.1, -0.05) is 18.7 Å². The second-order valence-corrected chi connectivity index (χ2v) is 3.86. The largest absolute Gasteiger partial charge is 2.00 e. The molecule has 0 atom stereocenters. The average molecular weight is 412 g/mol. The topological polar surface area (TPSA) is 55.2 Å². The molecule has 0 unspecified atom stereocenters. The second-order valence-electron chi connectivity index (χ2n) is 3.86. The predicted octanol–water partition coefficient (Wildman–Crippen LogP) is -3.29. The summed E-state index contributed by atoms with van der Waals surface area (Å²) in [7, 11) is 0. The van der Waals surface area contributed by atoms with Gasteiger partial charge in [0.15, 0.2) is 0 Å². The third-order valence-electron chi connectivity index (χ3n) is 2.59. The molecular formula is C14H12Cl2N2O2Ru. The normalized spacial score (nSPS) is 11.8. The number of rotatable bonds is 4. The van der Waals surface area contributed by atoms with Crippen LogP contribution in [0.15, 0.2) is 53.8 Å². The van der Waals surface area contributed by atoms with Crippen LogP contribution in [0.25, 0.3) is 0 Å². The molecule has 0 fully saturated rings. The van der Waals surface area contributed by atoms with Crippen molar-refractivity contribution in [3.05, 3.63) is 82.4 Å². The zero-order valence-electron chi connectivity index (χ0n) is 10.8. The Morgan fingerprint density at radius 1 is 1.24 bits per heavy atom. The zero-order valence-corrected chi connectivity index (χ0v) is 14.0. The summed E-state index contributed by atoms with van der Waals surface area (Å²) in [6.07, 6.45) is 7.47. The minimum absolute atomic E-state index is 0. The number of nitro groups is 1. The van der Waals surface area contributed by atoms with Gasteiger partial charge in [-0.2, -0.15) is 12.5 Å². The molecule has 1 N–H and O–H groups in total. The Morgan fingerprint density at radius 3 is 2.38 bits per heavy atom. The van der Waals surface area contributed by atoms with Crippen LogP contribution in [-0.2, 0) is 26.0 Å². The van der Waals surface area contributed by atoms with Gasteiger partial charge in [0.05, 0.1) is 4.92 Å². The summed E-state index contributed by atoms with van der Waals surface area (Å²) < 4.78 is 0. The van der Waals surface area contributed by atoms with E-state index in [0.29, 0.717) is 12.1 Å². The number of hydrogen-bond acceptors (Lipinski definition) is 3. The Bertz CT molecular complexity index is 542. The van der Waals surface area contributed by atoms with Gasteiger partial charge in [-0.05, 0) is 16.8 Å². The molecule has 1 aromatic rings. The number of hydrogen-bond donors (Lipinski definition) is 1. The van der Waals surface area contributed by atoms with E-state index in [9.17, 15) is 10.1 Å². The predicted molar refractivity (Wildman–Crippen MR) is 69.3 cm³/mol. The van der Waals surface area contributed by atoms with Crippen LogP contribution in [0.2, 0.25) is 0 Å². The molecular weight excluding hydrogens is 400 g/mol. The summed E-state index contributed by atoms with van der Waals surface area (Å²) in [5.74, 6) is 0. The van der Waals surface area contributed by atoms with E-state index in [4.69, 9.17) is 6.58 Å². The Balaban J connectivity index is 0. The van der Waals surface area contributed by atoms with Crippen LogP contribution < -0.4 is 30.1 Å². The van der Waals surface area contributed by atoms with Crippen molar-refractivity contribution < 1.29 is 49.2 Å². The van der Waals surface area contributed by atoms with Gasteiger partial charge in [-0.25, -0.2) is 0 Å². The molecule has 7 heteroatoms. The average Bonchev–Trinajstić information content (AvgIpc) is 2.38. The van der Waals surface area contributed by atoms with E-state index in [1.54, 1.807) is 12.1 Å². The van der Waals surface area contributed by atoms with E-state index in [-0.39, 0.29) is 50.0 Å². The molecule has 0 saturated heterocycles. The Morgan fingerprint density at radius 2 is 1.86 bits per heavy atom. The number of nitrogens with zero attached hydrogens (tertiary/aromatic N) is 1.